The Morgan fingerprint density at radius 1 is 0.917 bits per heavy atom. The number of carbonyl (C=O) groups excluding carboxylic acids is 1. The minimum atomic E-state index is -0.328. The van der Waals surface area contributed by atoms with Crippen molar-refractivity contribution in [3.63, 3.8) is 0 Å². The van der Waals surface area contributed by atoms with Gasteiger partial charge in [-0.1, -0.05) is 84.4 Å². The summed E-state index contributed by atoms with van der Waals surface area (Å²) in [7, 11) is 0. The molecule has 0 radical (unpaired) electrons. The fourth-order valence-corrected chi connectivity index (χ4v) is 5.03. The van der Waals surface area contributed by atoms with Crippen molar-refractivity contribution in [1.82, 2.24) is 4.90 Å². The average molecular weight is 483 g/mol. The molecular weight excluding hydrogens is 444 g/mol. The van der Waals surface area contributed by atoms with Crippen LogP contribution in [-0.2, 0) is 11.2 Å². The zero-order valence-electron chi connectivity index (χ0n) is 21.1. The molecule has 36 heavy (non-hydrogen) atoms. The van der Waals surface area contributed by atoms with Crippen molar-refractivity contribution in [3.8, 4) is 5.75 Å². The summed E-state index contributed by atoms with van der Waals surface area (Å²) in [5.41, 5.74) is 10.5. The maximum Gasteiger partial charge on any atom is 0.221 e. The molecule has 0 aromatic heterocycles. The van der Waals surface area contributed by atoms with Crippen molar-refractivity contribution >= 4 is 5.91 Å². The number of carbonyl (C=O) groups is 1. The van der Waals surface area contributed by atoms with Gasteiger partial charge in [0.2, 0.25) is 5.91 Å². The Morgan fingerprint density at radius 3 is 2.28 bits per heavy atom. The molecule has 188 valence electrons. The van der Waals surface area contributed by atoms with Crippen LogP contribution in [0.15, 0.2) is 96.6 Å². The van der Waals surface area contributed by atoms with Gasteiger partial charge in [0.05, 0.1) is 13.0 Å². The van der Waals surface area contributed by atoms with E-state index in [9.17, 15) is 4.79 Å². The monoisotopic (exact) mass is 482 g/mol. The molecule has 3 aromatic carbocycles. The molecule has 4 rings (SSSR count). The molecule has 0 spiro atoms. The molecular formula is C32H38N2O2. The van der Waals surface area contributed by atoms with Gasteiger partial charge in [-0.2, -0.15) is 0 Å². The summed E-state index contributed by atoms with van der Waals surface area (Å²) in [5.74, 6) is 0.788. The van der Waals surface area contributed by atoms with Crippen LogP contribution in [0.4, 0.5) is 0 Å². The predicted octanol–water partition coefficient (Wildman–Crippen LogP) is 6.12. The lowest BCUT2D eigenvalue weighted by atomic mass is 9.90. The van der Waals surface area contributed by atoms with Gasteiger partial charge >= 0.3 is 0 Å². The maximum atomic E-state index is 11.2. The maximum absolute atomic E-state index is 11.2. The Morgan fingerprint density at radius 2 is 1.64 bits per heavy atom. The van der Waals surface area contributed by atoms with E-state index in [-0.39, 0.29) is 12.3 Å². The van der Waals surface area contributed by atoms with Crippen molar-refractivity contribution in [1.29, 1.82) is 0 Å². The summed E-state index contributed by atoms with van der Waals surface area (Å²) >= 11 is 0. The smallest absolute Gasteiger partial charge is 0.221 e. The quantitative estimate of drug-likeness (QED) is 0.236. The highest BCUT2D eigenvalue weighted by Gasteiger charge is 2.19. The van der Waals surface area contributed by atoms with Gasteiger partial charge in [-0.25, -0.2) is 0 Å². The molecule has 1 aliphatic carbocycles. The Labute approximate surface area is 215 Å². The van der Waals surface area contributed by atoms with Crippen LogP contribution in [0.3, 0.4) is 0 Å². The standard InChI is InChI=1S/C32H38N2O2/c33-32(35)23-27-14-10-19-30(22-27)36-21-11-20-34(24-26-12-4-1-5-13-26)25-31(28-15-6-2-7-16-28)29-17-8-3-9-18-29/h2-3,6-10,12,14-19,22,31H,1,4-5,11,13,20-21,23-25H2,(H2,33,35). The molecule has 0 aliphatic heterocycles. The third-order valence-corrected chi connectivity index (χ3v) is 6.82. The van der Waals surface area contributed by atoms with E-state index >= 15 is 0 Å². The van der Waals surface area contributed by atoms with Crippen molar-refractivity contribution in [2.24, 2.45) is 5.73 Å². The molecule has 0 heterocycles. The first kappa shape index (κ1) is 25.7. The summed E-state index contributed by atoms with van der Waals surface area (Å²) in [6.45, 7) is 3.59. The summed E-state index contributed by atoms with van der Waals surface area (Å²) in [4.78, 5) is 13.8. The second kappa shape index (κ2) is 13.6. The molecule has 4 heteroatoms. The molecule has 3 aromatic rings. The molecule has 0 fully saturated rings. The second-order valence-corrected chi connectivity index (χ2v) is 9.71. The fraction of sp³-hybridized carbons (Fsp3) is 0.344. The number of nitrogens with zero attached hydrogens (tertiary/aromatic N) is 1. The van der Waals surface area contributed by atoms with E-state index in [4.69, 9.17) is 10.5 Å². The summed E-state index contributed by atoms with van der Waals surface area (Å²) in [5, 5.41) is 0. The van der Waals surface area contributed by atoms with Crippen LogP contribution in [0.1, 0.15) is 54.7 Å². The average Bonchev–Trinajstić information content (AvgIpc) is 2.91. The lowest BCUT2D eigenvalue weighted by molar-refractivity contribution is -0.117. The number of ether oxygens (including phenoxy) is 1. The number of benzene rings is 3. The molecule has 1 amide bonds. The van der Waals surface area contributed by atoms with Crippen molar-refractivity contribution in [2.45, 2.75) is 44.4 Å². The van der Waals surface area contributed by atoms with Crippen LogP contribution in [0.2, 0.25) is 0 Å². The largest absolute Gasteiger partial charge is 0.494 e. The number of hydrogen-bond acceptors (Lipinski definition) is 3. The molecule has 0 atom stereocenters. The number of nitrogens with two attached hydrogens (primary N) is 1. The molecule has 0 saturated carbocycles. The molecule has 4 nitrogen and oxygen atoms in total. The number of allylic oxidation sites excluding steroid dienone is 1. The molecule has 1 aliphatic rings. The minimum absolute atomic E-state index is 0.237. The lowest BCUT2D eigenvalue weighted by Crippen LogP contribution is -2.33. The number of amides is 1. The van der Waals surface area contributed by atoms with E-state index in [2.05, 4.69) is 71.6 Å². The van der Waals surface area contributed by atoms with Crippen LogP contribution in [0, 0.1) is 0 Å². The van der Waals surface area contributed by atoms with Crippen LogP contribution < -0.4 is 10.5 Å². The van der Waals surface area contributed by atoms with Crippen LogP contribution in [0.5, 0.6) is 5.75 Å². The lowest BCUT2D eigenvalue weighted by Gasteiger charge is -2.30. The van der Waals surface area contributed by atoms with E-state index in [1.165, 1.54) is 36.8 Å². The van der Waals surface area contributed by atoms with Crippen molar-refractivity contribution in [2.75, 3.05) is 26.2 Å². The zero-order chi connectivity index (χ0) is 25.0. The highest BCUT2D eigenvalue weighted by Crippen LogP contribution is 2.27. The van der Waals surface area contributed by atoms with Gasteiger partial charge in [-0.3, -0.25) is 9.69 Å². The first-order chi connectivity index (χ1) is 17.7. The van der Waals surface area contributed by atoms with Crippen molar-refractivity contribution < 1.29 is 9.53 Å². The minimum Gasteiger partial charge on any atom is -0.494 e. The summed E-state index contributed by atoms with van der Waals surface area (Å²) < 4.78 is 6.05. The van der Waals surface area contributed by atoms with Gasteiger partial charge in [-0.15, -0.1) is 0 Å². The molecule has 2 N–H and O–H groups in total. The van der Waals surface area contributed by atoms with Crippen LogP contribution in [-0.4, -0.2) is 37.0 Å². The Bertz CT molecular complexity index is 1070. The van der Waals surface area contributed by atoms with Gasteiger partial charge < -0.3 is 10.5 Å². The number of primary amides is 1. The topological polar surface area (TPSA) is 55.6 Å². The fourth-order valence-electron chi connectivity index (χ4n) is 5.03. The SMILES string of the molecule is NC(=O)Cc1cccc(OCCCN(CC2=CCCCC2)CC(c2ccccc2)c2ccccc2)c1. The van der Waals surface area contributed by atoms with Crippen molar-refractivity contribution in [3.05, 3.63) is 113 Å². The first-order valence-electron chi connectivity index (χ1n) is 13.2. The first-order valence-corrected chi connectivity index (χ1v) is 13.2. The summed E-state index contributed by atoms with van der Waals surface area (Å²) in [6.07, 6.45) is 8.64. The van der Waals surface area contributed by atoms with E-state index in [1.54, 1.807) is 5.57 Å². The molecule has 0 unspecified atom stereocenters. The van der Waals surface area contributed by atoms with Gasteiger partial charge in [-0.05, 0) is 60.9 Å². The Hall–Kier alpha value is -3.37. The molecule has 0 saturated heterocycles. The number of rotatable bonds is 13. The van der Waals surface area contributed by atoms with E-state index in [0.717, 1.165) is 37.4 Å². The predicted molar refractivity (Wildman–Crippen MR) is 147 cm³/mol. The van der Waals surface area contributed by atoms with E-state index in [0.29, 0.717) is 12.5 Å². The highest BCUT2D eigenvalue weighted by atomic mass is 16.5. The summed E-state index contributed by atoms with van der Waals surface area (Å²) in [6, 6.07) is 29.4. The highest BCUT2D eigenvalue weighted by molar-refractivity contribution is 5.76. The van der Waals surface area contributed by atoms with E-state index < -0.39 is 0 Å². The van der Waals surface area contributed by atoms with E-state index in [1.807, 2.05) is 24.3 Å². The Balaban J connectivity index is 1.43. The Kier molecular flexibility index (Phi) is 9.75. The van der Waals surface area contributed by atoms with Crippen LogP contribution >= 0.6 is 0 Å². The van der Waals surface area contributed by atoms with Gasteiger partial charge in [0, 0.05) is 25.6 Å². The third kappa shape index (κ3) is 8.10. The third-order valence-electron chi connectivity index (χ3n) is 6.82. The zero-order valence-corrected chi connectivity index (χ0v) is 21.1. The normalized spacial score (nSPS) is 13.6. The van der Waals surface area contributed by atoms with Crippen LogP contribution in [0.25, 0.3) is 0 Å². The second-order valence-electron chi connectivity index (χ2n) is 9.71. The van der Waals surface area contributed by atoms with Gasteiger partial charge in [0.15, 0.2) is 0 Å². The molecule has 0 bridgehead atoms. The van der Waals surface area contributed by atoms with Gasteiger partial charge in [0.1, 0.15) is 5.75 Å². The number of hydrogen-bond donors (Lipinski definition) is 1. The van der Waals surface area contributed by atoms with Gasteiger partial charge in [0.25, 0.3) is 0 Å².